The molecule has 3 heterocycles. The van der Waals surface area contributed by atoms with Crippen molar-refractivity contribution >= 4 is 15.9 Å². The molecular weight excluding hydrogens is 547 g/mol. The number of H-pyrrole nitrogens is 1. The highest BCUT2D eigenvalue weighted by Gasteiger charge is 2.58. The lowest BCUT2D eigenvalue weighted by Crippen LogP contribution is -2.69. The Morgan fingerprint density at radius 2 is 1.60 bits per heavy atom. The number of nitrogens with one attached hydrogen (secondary N) is 1. The molecule has 2 aliphatic heterocycles. The first kappa shape index (κ1) is 26.1. The number of aromatic nitrogens is 3. The SMILES string of the molecule is CS(=O)(=O)c1ccc(OC2CCC3(C2)CN(C(=O)N2CC4(CC(c5nnc(C6CC6)[nH]5)C4)C2)C3)cc1C(F)(F)F. The summed E-state index contributed by atoms with van der Waals surface area (Å²) in [6.07, 6.45) is 2.26. The van der Waals surface area contributed by atoms with E-state index >= 15 is 0 Å². The van der Waals surface area contributed by atoms with Gasteiger partial charge in [-0.15, -0.1) is 10.2 Å². The van der Waals surface area contributed by atoms with Crippen molar-refractivity contribution in [3.05, 3.63) is 35.4 Å². The van der Waals surface area contributed by atoms with Gasteiger partial charge in [-0.2, -0.15) is 13.2 Å². The largest absolute Gasteiger partial charge is 0.490 e. The second-order valence-electron chi connectivity index (χ2n) is 12.9. The Balaban J connectivity index is 0.894. The number of likely N-dealkylation sites (tertiary alicyclic amines) is 2. The van der Waals surface area contributed by atoms with Gasteiger partial charge in [0.1, 0.15) is 17.4 Å². The number of ether oxygens (including phenoxy) is 1. The highest BCUT2D eigenvalue weighted by atomic mass is 32.2. The van der Waals surface area contributed by atoms with Crippen LogP contribution in [-0.4, -0.2) is 78.0 Å². The van der Waals surface area contributed by atoms with Crippen LogP contribution < -0.4 is 4.74 Å². The van der Waals surface area contributed by atoms with Crippen LogP contribution in [0.3, 0.4) is 0 Å². The number of rotatable bonds is 5. The minimum absolute atomic E-state index is 0.00723. The number of urea groups is 1. The van der Waals surface area contributed by atoms with Crippen LogP contribution >= 0.6 is 0 Å². The number of halogens is 3. The number of hydrogen-bond donors (Lipinski definition) is 1. The molecule has 7 rings (SSSR count). The van der Waals surface area contributed by atoms with Crippen molar-refractivity contribution in [2.24, 2.45) is 10.8 Å². The number of carbonyl (C=O) groups is 1. The fraction of sp³-hybridized carbons (Fsp3) is 0.667. The van der Waals surface area contributed by atoms with E-state index in [1.165, 1.54) is 18.9 Å². The van der Waals surface area contributed by atoms with E-state index in [9.17, 15) is 26.4 Å². The molecule has 0 radical (unpaired) electrons. The summed E-state index contributed by atoms with van der Waals surface area (Å²) >= 11 is 0. The van der Waals surface area contributed by atoms with Crippen molar-refractivity contribution in [2.75, 3.05) is 32.4 Å². The molecule has 13 heteroatoms. The number of sulfone groups is 1. The number of hydrogen-bond acceptors (Lipinski definition) is 6. The van der Waals surface area contributed by atoms with E-state index in [0.29, 0.717) is 37.8 Å². The van der Waals surface area contributed by atoms with Crippen molar-refractivity contribution in [3.8, 4) is 5.75 Å². The number of alkyl halides is 3. The highest BCUT2D eigenvalue weighted by molar-refractivity contribution is 7.90. The van der Waals surface area contributed by atoms with E-state index in [4.69, 9.17) is 4.74 Å². The molecule has 1 aromatic heterocycles. The van der Waals surface area contributed by atoms with Gasteiger partial charge in [0.2, 0.25) is 0 Å². The quantitative estimate of drug-likeness (QED) is 0.565. The van der Waals surface area contributed by atoms with Gasteiger partial charge in [0.15, 0.2) is 9.84 Å². The Bertz CT molecular complexity index is 1450. The van der Waals surface area contributed by atoms with Crippen LogP contribution in [-0.2, 0) is 16.0 Å². The Labute approximate surface area is 230 Å². The molecule has 9 nitrogen and oxygen atoms in total. The summed E-state index contributed by atoms with van der Waals surface area (Å²) < 4.78 is 70.0. The maximum Gasteiger partial charge on any atom is 0.417 e. The summed E-state index contributed by atoms with van der Waals surface area (Å²) in [6.45, 7) is 2.79. The predicted molar refractivity (Wildman–Crippen MR) is 137 cm³/mol. The molecule has 2 spiro atoms. The van der Waals surface area contributed by atoms with E-state index in [-0.39, 0.29) is 28.7 Å². The molecule has 1 atom stereocenters. The molecule has 5 fully saturated rings. The third kappa shape index (κ3) is 4.53. The zero-order chi connectivity index (χ0) is 28.1. The molecule has 1 unspecified atom stereocenters. The number of carbonyl (C=O) groups excluding carboxylic acids is 1. The first-order chi connectivity index (χ1) is 18.8. The van der Waals surface area contributed by atoms with Gasteiger partial charge in [0.05, 0.1) is 16.6 Å². The zero-order valence-electron chi connectivity index (χ0n) is 22.2. The minimum Gasteiger partial charge on any atom is -0.490 e. The molecule has 3 aliphatic carbocycles. The summed E-state index contributed by atoms with van der Waals surface area (Å²) in [4.78, 5) is 19.5. The second-order valence-corrected chi connectivity index (χ2v) is 14.9. The van der Waals surface area contributed by atoms with Gasteiger partial charge < -0.3 is 19.5 Å². The number of aromatic amines is 1. The first-order valence-corrected chi connectivity index (χ1v) is 15.8. The Morgan fingerprint density at radius 1 is 0.975 bits per heavy atom. The van der Waals surface area contributed by atoms with Crippen LogP contribution in [0.25, 0.3) is 0 Å². The second kappa shape index (κ2) is 8.59. The molecular formula is C27H32F3N5O4S. The van der Waals surface area contributed by atoms with E-state index < -0.39 is 26.5 Å². The smallest absolute Gasteiger partial charge is 0.417 e. The van der Waals surface area contributed by atoms with Gasteiger partial charge in [-0.1, -0.05) is 0 Å². The van der Waals surface area contributed by atoms with E-state index in [1.807, 2.05) is 9.80 Å². The van der Waals surface area contributed by atoms with Gasteiger partial charge >= 0.3 is 12.2 Å². The predicted octanol–water partition coefficient (Wildman–Crippen LogP) is 4.34. The molecule has 2 aromatic rings. The summed E-state index contributed by atoms with van der Waals surface area (Å²) in [6, 6.07) is 3.08. The van der Waals surface area contributed by atoms with Gasteiger partial charge in [-0.25, -0.2) is 13.2 Å². The molecule has 2 amide bonds. The summed E-state index contributed by atoms with van der Waals surface area (Å²) in [5.41, 5.74) is -1.09. The monoisotopic (exact) mass is 579 g/mol. The molecule has 2 saturated heterocycles. The van der Waals surface area contributed by atoms with Crippen molar-refractivity contribution in [1.29, 1.82) is 0 Å². The zero-order valence-corrected chi connectivity index (χ0v) is 23.0. The van der Waals surface area contributed by atoms with E-state index in [0.717, 1.165) is 62.4 Å². The van der Waals surface area contributed by atoms with Gasteiger partial charge in [0, 0.05) is 55.1 Å². The fourth-order valence-electron chi connectivity index (χ4n) is 7.31. The third-order valence-electron chi connectivity index (χ3n) is 9.49. The summed E-state index contributed by atoms with van der Waals surface area (Å²) in [5, 5.41) is 8.65. The molecule has 216 valence electrons. The molecule has 1 N–H and O–H groups in total. The molecule has 3 saturated carbocycles. The normalized spacial score (nSPS) is 25.6. The fourth-order valence-corrected chi connectivity index (χ4v) is 8.20. The lowest BCUT2D eigenvalue weighted by molar-refractivity contribution is -0.140. The Kier molecular flexibility index (Phi) is 5.60. The van der Waals surface area contributed by atoms with Gasteiger partial charge in [-0.05, 0) is 63.1 Å². The topological polar surface area (TPSA) is 108 Å². The van der Waals surface area contributed by atoms with Gasteiger partial charge in [0.25, 0.3) is 0 Å². The van der Waals surface area contributed by atoms with E-state index in [2.05, 4.69) is 15.2 Å². The number of amides is 2. The number of benzene rings is 1. The van der Waals surface area contributed by atoms with Crippen molar-refractivity contribution in [2.45, 2.75) is 74.0 Å². The third-order valence-corrected chi connectivity index (χ3v) is 10.6. The van der Waals surface area contributed by atoms with Crippen LogP contribution in [0.2, 0.25) is 0 Å². The van der Waals surface area contributed by atoms with Crippen LogP contribution in [0, 0.1) is 10.8 Å². The molecule has 40 heavy (non-hydrogen) atoms. The Hall–Kier alpha value is -2.83. The minimum atomic E-state index is -4.81. The molecule has 1 aromatic carbocycles. The highest BCUT2D eigenvalue weighted by Crippen LogP contribution is 2.56. The van der Waals surface area contributed by atoms with Crippen molar-refractivity contribution in [1.82, 2.24) is 25.0 Å². The van der Waals surface area contributed by atoms with Crippen LogP contribution in [0.1, 0.15) is 74.0 Å². The lowest BCUT2D eigenvalue weighted by Gasteiger charge is -2.60. The maximum atomic E-state index is 13.5. The maximum absolute atomic E-state index is 13.5. The Morgan fingerprint density at radius 3 is 2.20 bits per heavy atom. The number of nitrogens with zero attached hydrogens (tertiary/aromatic N) is 4. The van der Waals surface area contributed by atoms with Crippen LogP contribution in [0.5, 0.6) is 5.75 Å². The summed E-state index contributed by atoms with van der Waals surface area (Å²) in [7, 11) is -4.04. The summed E-state index contributed by atoms with van der Waals surface area (Å²) in [5.74, 6) is 2.97. The van der Waals surface area contributed by atoms with E-state index in [1.54, 1.807) is 0 Å². The average molecular weight is 580 g/mol. The van der Waals surface area contributed by atoms with Crippen LogP contribution in [0.15, 0.2) is 23.1 Å². The van der Waals surface area contributed by atoms with Crippen molar-refractivity contribution < 1.29 is 31.1 Å². The standard InChI is InChI=1S/C27H32F3N5O4S/c1-40(37,38)21-5-4-18(8-20(21)27(28,29)30)39-19-6-7-25(11-19)12-34(13-25)24(36)35-14-26(15-35)9-17(10-26)23-31-22(32-33-23)16-2-3-16/h4-5,8,16-17,19H,2-3,6-7,9-15H2,1H3,(H,31,32,33). The van der Waals surface area contributed by atoms with Crippen molar-refractivity contribution in [3.63, 3.8) is 0 Å². The average Bonchev–Trinajstić information content (AvgIpc) is 3.38. The molecule has 0 bridgehead atoms. The van der Waals surface area contributed by atoms with Crippen LogP contribution in [0.4, 0.5) is 18.0 Å². The lowest BCUT2D eigenvalue weighted by atomic mass is 9.57. The van der Waals surface area contributed by atoms with Gasteiger partial charge in [-0.3, -0.25) is 0 Å². The first-order valence-electron chi connectivity index (χ1n) is 13.9. The molecule has 5 aliphatic rings.